The monoisotopic (exact) mass is 396 g/mol. The van der Waals surface area contributed by atoms with Crippen LogP contribution in [0.25, 0.3) is 11.3 Å². The quantitative estimate of drug-likeness (QED) is 0.591. The molecule has 0 spiro atoms. The Kier molecular flexibility index (Phi) is 5.41. The van der Waals surface area contributed by atoms with Crippen LogP contribution in [0.15, 0.2) is 47.8 Å². The van der Waals surface area contributed by atoms with Crippen LogP contribution in [0.3, 0.4) is 0 Å². The van der Waals surface area contributed by atoms with Crippen LogP contribution in [-0.4, -0.2) is 10.9 Å². The number of nitrogens with one attached hydrogen (secondary N) is 1. The predicted molar refractivity (Wildman–Crippen MR) is 101 cm³/mol. The summed E-state index contributed by atoms with van der Waals surface area (Å²) in [6.07, 6.45) is 0.263. The highest BCUT2D eigenvalue weighted by Crippen LogP contribution is 2.30. The lowest BCUT2D eigenvalue weighted by Crippen LogP contribution is -2.14. The molecule has 122 valence electrons. The lowest BCUT2D eigenvalue weighted by Gasteiger charge is -2.02. The molecule has 0 saturated carbocycles. The van der Waals surface area contributed by atoms with E-state index in [1.807, 2.05) is 23.6 Å². The summed E-state index contributed by atoms with van der Waals surface area (Å²) < 4.78 is 0. The third-order valence-corrected chi connectivity index (χ3v) is 4.99. The van der Waals surface area contributed by atoms with Gasteiger partial charge >= 0.3 is 0 Å². The van der Waals surface area contributed by atoms with Gasteiger partial charge in [0.25, 0.3) is 0 Å². The number of rotatable bonds is 4. The predicted octanol–water partition coefficient (Wildman–Crippen LogP) is 5.95. The summed E-state index contributed by atoms with van der Waals surface area (Å²) >= 11 is 19.1. The zero-order chi connectivity index (χ0) is 17.1. The average Bonchev–Trinajstić information content (AvgIpc) is 3.00. The van der Waals surface area contributed by atoms with Gasteiger partial charge in [0.2, 0.25) is 5.91 Å². The molecule has 2 aromatic carbocycles. The normalized spacial score (nSPS) is 10.6. The van der Waals surface area contributed by atoms with E-state index in [-0.39, 0.29) is 12.3 Å². The summed E-state index contributed by atoms with van der Waals surface area (Å²) in [6.45, 7) is 0. The van der Waals surface area contributed by atoms with E-state index in [9.17, 15) is 4.79 Å². The second-order valence-corrected chi connectivity index (χ2v) is 7.13. The molecule has 0 fully saturated rings. The third-order valence-electron chi connectivity index (χ3n) is 3.24. The number of hydrogen-bond donors (Lipinski definition) is 1. The van der Waals surface area contributed by atoms with Gasteiger partial charge in [-0.3, -0.25) is 4.79 Å². The number of carbonyl (C=O) groups is 1. The highest BCUT2D eigenvalue weighted by Gasteiger charge is 2.10. The molecule has 3 nitrogen and oxygen atoms in total. The van der Waals surface area contributed by atoms with Crippen molar-refractivity contribution in [2.75, 3.05) is 5.32 Å². The second kappa shape index (κ2) is 7.53. The Bertz CT molecular complexity index is 878. The van der Waals surface area contributed by atoms with Gasteiger partial charge in [0.1, 0.15) is 0 Å². The van der Waals surface area contributed by atoms with Gasteiger partial charge in [-0.25, -0.2) is 4.98 Å². The fourth-order valence-corrected chi connectivity index (χ4v) is 3.23. The van der Waals surface area contributed by atoms with Crippen LogP contribution in [0.2, 0.25) is 15.1 Å². The lowest BCUT2D eigenvalue weighted by molar-refractivity contribution is -0.115. The third kappa shape index (κ3) is 4.28. The maximum atomic E-state index is 12.1. The van der Waals surface area contributed by atoms with Gasteiger partial charge in [-0.15, -0.1) is 11.3 Å². The Hall–Kier alpha value is -1.59. The lowest BCUT2D eigenvalue weighted by atomic mass is 10.1. The Morgan fingerprint density at radius 1 is 1.04 bits per heavy atom. The number of anilines is 1. The summed E-state index contributed by atoms with van der Waals surface area (Å²) in [6, 6.07) is 12.5. The van der Waals surface area contributed by atoms with Gasteiger partial charge in [0.05, 0.1) is 22.2 Å². The fraction of sp³-hybridized carbons (Fsp3) is 0.0588. The first-order valence-corrected chi connectivity index (χ1v) is 8.98. The van der Waals surface area contributed by atoms with Gasteiger partial charge in [-0.05, 0) is 29.8 Å². The van der Waals surface area contributed by atoms with E-state index in [1.165, 1.54) is 11.3 Å². The number of thiazole rings is 1. The van der Waals surface area contributed by atoms with Crippen molar-refractivity contribution >= 4 is 57.2 Å². The summed E-state index contributed by atoms with van der Waals surface area (Å²) in [4.78, 5) is 16.5. The van der Waals surface area contributed by atoms with Crippen LogP contribution in [0.5, 0.6) is 0 Å². The Morgan fingerprint density at radius 3 is 2.50 bits per heavy atom. The number of carbonyl (C=O) groups excluding carboxylic acids is 1. The number of hydrogen-bond acceptors (Lipinski definition) is 3. The van der Waals surface area contributed by atoms with Crippen molar-refractivity contribution in [3.05, 3.63) is 68.5 Å². The van der Waals surface area contributed by atoms with E-state index in [2.05, 4.69) is 10.3 Å². The van der Waals surface area contributed by atoms with Gasteiger partial charge in [-0.1, -0.05) is 53.0 Å². The summed E-state index contributed by atoms with van der Waals surface area (Å²) in [5.74, 6) is -0.132. The first-order valence-electron chi connectivity index (χ1n) is 6.96. The molecule has 0 aliphatic heterocycles. The highest BCUT2D eigenvalue weighted by molar-refractivity contribution is 7.14. The van der Waals surface area contributed by atoms with E-state index in [0.29, 0.717) is 20.2 Å². The van der Waals surface area contributed by atoms with Crippen molar-refractivity contribution in [1.29, 1.82) is 0 Å². The first kappa shape index (κ1) is 17.2. The minimum Gasteiger partial charge on any atom is -0.302 e. The van der Waals surface area contributed by atoms with Crippen molar-refractivity contribution in [1.82, 2.24) is 4.98 Å². The van der Waals surface area contributed by atoms with Gasteiger partial charge < -0.3 is 5.32 Å². The molecule has 1 aromatic heterocycles. The fourth-order valence-electron chi connectivity index (χ4n) is 2.07. The van der Waals surface area contributed by atoms with Gasteiger partial charge in [-0.2, -0.15) is 0 Å². The van der Waals surface area contributed by atoms with E-state index in [4.69, 9.17) is 34.8 Å². The van der Waals surface area contributed by atoms with E-state index >= 15 is 0 Å². The van der Waals surface area contributed by atoms with Gasteiger partial charge in [0.15, 0.2) is 5.13 Å². The van der Waals surface area contributed by atoms with Crippen molar-refractivity contribution in [2.24, 2.45) is 0 Å². The van der Waals surface area contributed by atoms with E-state index < -0.39 is 0 Å². The van der Waals surface area contributed by atoms with Crippen molar-refractivity contribution in [3.63, 3.8) is 0 Å². The molecule has 1 heterocycles. The Morgan fingerprint density at radius 2 is 1.79 bits per heavy atom. The molecule has 0 aliphatic carbocycles. The zero-order valence-electron chi connectivity index (χ0n) is 12.2. The van der Waals surface area contributed by atoms with Crippen LogP contribution in [-0.2, 0) is 11.2 Å². The summed E-state index contributed by atoms with van der Waals surface area (Å²) in [5, 5.41) is 6.80. The number of amides is 1. The maximum absolute atomic E-state index is 12.1. The van der Waals surface area contributed by atoms with Crippen molar-refractivity contribution in [2.45, 2.75) is 6.42 Å². The molecule has 7 heteroatoms. The highest BCUT2D eigenvalue weighted by atomic mass is 35.5. The molecule has 3 rings (SSSR count). The number of nitrogens with zero attached hydrogens (tertiary/aromatic N) is 1. The van der Waals surface area contributed by atoms with Crippen LogP contribution in [0.4, 0.5) is 5.13 Å². The summed E-state index contributed by atoms with van der Waals surface area (Å²) in [7, 11) is 0. The van der Waals surface area contributed by atoms with Crippen LogP contribution >= 0.6 is 46.1 Å². The minimum absolute atomic E-state index is 0.132. The molecule has 24 heavy (non-hydrogen) atoms. The molecular weight excluding hydrogens is 387 g/mol. The second-order valence-electron chi connectivity index (χ2n) is 5.02. The smallest absolute Gasteiger partial charge is 0.230 e. The van der Waals surface area contributed by atoms with Gasteiger partial charge in [0, 0.05) is 16.0 Å². The number of halogens is 3. The topological polar surface area (TPSA) is 42.0 Å². The molecule has 3 aromatic rings. The molecule has 0 aliphatic rings. The largest absolute Gasteiger partial charge is 0.302 e. The molecule has 1 N–H and O–H groups in total. The van der Waals surface area contributed by atoms with Crippen molar-refractivity contribution in [3.8, 4) is 11.3 Å². The molecule has 0 unspecified atom stereocenters. The molecular formula is C17H11Cl3N2OS. The minimum atomic E-state index is -0.132. The Balaban J connectivity index is 1.68. The Labute approximate surface area is 158 Å². The molecule has 0 bridgehead atoms. The van der Waals surface area contributed by atoms with Crippen LogP contribution in [0.1, 0.15) is 5.56 Å². The summed E-state index contributed by atoms with van der Waals surface area (Å²) in [5.41, 5.74) is 2.47. The molecule has 0 saturated heterocycles. The maximum Gasteiger partial charge on any atom is 0.230 e. The van der Waals surface area contributed by atoms with Crippen molar-refractivity contribution < 1.29 is 4.79 Å². The SMILES string of the molecule is O=C(Cc1ccc(Cl)cc1)Nc1nc(-c2ccc(Cl)c(Cl)c2)cs1. The molecule has 0 radical (unpaired) electrons. The average molecular weight is 398 g/mol. The first-order chi connectivity index (χ1) is 11.5. The molecule has 1 amide bonds. The van der Waals surface area contributed by atoms with E-state index in [1.54, 1.807) is 24.3 Å². The van der Waals surface area contributed by atoms with Crippen LogP contribution < -0.4 is 5.32 Å². The van der Waals surface area contributed by atoms with Crippen LogP contribution in [0, 0.1) is 0 Å². The number of aromatic nitrogens is 1. The molecule has 0 atom stereocenters. The number of benzene rings is 2. The zero-order valence-corrected chi connectivity index (χ0v) is 15.3. The standard InChI is InChI=1S/C17H11Cl3N2OS/c18-12-4-1-10(2-5-12)7-16(23)22-17-21-15(9-24-17)11-3-6-13(19)14(20)8-11/h1-6,8-9H,7H2,(H,21,22,23). The van der Waals surface area contributed by atoms with E-state index in [0.717, 1.165) is 16.8 Å².